The van der Waals surface area contributed by atoms with Gasteiger partial charge in [0.1, 0.15) is 11.5 Å². The zero-order valence-corrected chi connectivity index (χ0v) is 14.4. The van der Waals surface area contributed by atoms with Crippen molar-refractivity contribution in [2.75, 3.05) is 7.11 Å². The lowest BCUT2D eigenvalue weighted by atomic mass is 10.2. The smallest absolute Gasteiger partial charge is 0.363 e. The van der Waals surface area contributed by atoms with E-state index in [9.17, 15) is 4.79 Å². The van der Waals surface area contributed by atoms with Crippen LogP contribution in [0.15, 0.2) is 59.2 Å². The van der Waals surface area contributed by atoms with E-state index in [1.54, 1.807) is 13.2 Å². The van der Waals surface area contributed by atoms with Gasteiger partial charge < -0.3 is 14.2 Å². The molecule has 0 radical (unpaired) electrons. The molecule has 0 aromatic heterocycles. The maximum Gasteiger partial charge on any atom is 0.363 e. The SMILES string of the molecule is COc1ccc(/C=C2\N=C(c3ccc(OC(C)C)cc3)OC2=O)cc1. The molecule has 1 aliphatic rings. The second-order valence-corrected chi connectivity index (χ2v) is 5.80. The van der Waals surface area contributed by atoms with Gasteiger partial charge in [0.25, 0.3) is 0 Å². The molecule has 0 atom stereocenters. The number of aliphatic imine (C=N–C) groups is 1. The standard InChI is InChI=1S/C20H19NO4/c1-13(2)24-17-10-6-15(7-11-17)19-21-18(20(22)25-19)12-14-4-8-16(23-3)9-5-14/h4-13H,1-3H3/b18-12-. The van der Waals surface area contributed by atoms with Crippen LogP contribution in [-0.4, -0.2) is 25.1 Å². The minimum absolute atomic E-state index is 0.103. The normalized spacial score (nSPS) is 15.3. The van der Waals surface area contributed by atoms with Gasteiger partial charge in [0.05, 0.1) is 13.2 Å². The largest absolute Gasteiger partial charge is 0.497 e. The number of esters is 1. The molecule has 1 heterocycles. The second-order valence-electron chi connectivity index (χ2n) is 5.80. The predicted molar refractivity (Wildman–Crippen MR) is 95.8 cm³/mol. The van der Waals surface area contributed by atoms with Gasteiger partial charge in [-0.15, -0.1) is 0 Å². The number of carbonyl (C=O) groups excluding carboxylic acids is 1. The van der Waals surface area contributed by atoms with Crippen LogP contribution in [0.5, 0.6) is 11.5 Å². The van der Waals surface area contributed by atoms with Crippen LogP contribution >= 0.6 is 0 Å². The first kappa shape index (κ1) is 16.8. The van der Waals surface area contributed by atoms with E-state index < -0.39 is 5.97 Å². The molecule has 1 aliphatic heterocycles. The Morgan fingerprint density at radius 2 is 1.64 bits per heavy atom. The number of rotatable bonds is 5. The third-order valence-corrected chi connectivity index (χ3v) is 3.51. The van der Waals surface area contributed by atoms with Crippen LogP contribution in [0.3, 0.4) is 0 Å². The molecule has 0 fully saturated rings. The molecule has 0 amide bonds. The summed E-state index contributed by atoms with van der Waals surface area (Å²) >= 11 is 0. The van der Waals surface area contributed by atoms with Gasteiger partial charge in [-0.1, -0.05) is 12.1 Å². The van der Waals surface area contributed by atoms with Crippen molar-refractivity contribution < 1.29 is 19.0 Å². The van der Waals surface area contributed by atoms with E-state index in [1.165, 1.54) is 0 Å². The van der Waals surface area contributed by atoms with Crippen LogP contribution < -0.4 is 9.47 Å². The number of hydrogen-bond donors (Lipinski definition) is 0. The van der Waals surface area contributed by atoms with Crippen LogP contribution in [0.2, 0.25) is 0 Å². The van der Waals surface area contributed by atoms with Crippen LogP contribution in [0.4, 0.5) is 0 Å². The number of hydrogen-bond acceptors (Lipinski definition) is 5. The molecule has 5 heteroatoms. The molecule has 0 aliphatic carbocycles. The van der Waals surface area contributed by atoms with E-state index in [2.05, 4.69) is 4.99 Å². The monoisotopic (exact) mass is 337 g/mol. The topological polar surface area (TPSA) is 57.1 Å². The fourth-order valence-electron chi connectivity index (χ4n) is 2.34. The van der Waals surface area contributed by atoms with E-state index in [0.717, 1.165) is 22.6 Å². The third kappa shape index (κ3) is 4.07. The quantitative estimate of drug-likeness (QED) is 0.615. The van der Waals surface area contributed by atoms with Gasteiger partial charge in [-0.3, -0.25) is 0 Å². The third-order valence-electron chi connectivity index (χ3n) is 3.51. The van der Waals surface area contributed by atoms with Gasteiger partial charge in [0.2, 0.25) is 5.90 Å². The van der Waals surface area contributed by atoms with Gasteiger partial charge >= 0.3 is 5.97 Å². The van der Waals surface area contributed by atoms with E-state index in [0.29, 0.717) is 5.90 Å². The molecule has 25 heavy (non-hydrogen) atoms. The summed E-state index contributed by atoms with van der Waals surface area (Å²) in [6, 6.07) is 14.7. The van der Waals surface area contributed by atoms with Gasteiger partial charge in [-0.2, -0.15) is 0 Å². The maximum absolute atomic E-state index is 12.0. The zero-order valence-electron chi connectivity index (χ0n) is 14.4. The molecular weight excluding hydrogens is 318 g/mol. The van der Waals surface area contributed by atoms with Gasteiger partial charge in [-0.05, 0) is 61.9 Å². The molecule has 2 aromatic rings. The molecule has 0 N–H and O–H groups in total. The minimum Gasteiger partial charge on any atom is -0.497 e. The fourth-order valence-corrected chi connectivity index (χ4v) is 2.34. The summed E-state index contributed by atoms with van der Waals surface area (Å²) in [6.07, 6.45) is 1.79. The number of carbonyl (C=O) groups is 1. The maximum atomic E-state index is 12.0. The lowest BCUT2D eigenvalue weighted by Gasteiger charge is -2.09. The molecule has 3 rings (SSSR count). The molecule has 0 spiro atoms. The number of nitrogens with zero attached hydrogens (tertiary/aromatic N) is 1. The lowest BCUT2D eigenvalue weighted by molar-refractivity contribution is -0.129. The fraction of sp³-hybridized carbons (Fsp3) is 0.200. The minimum atomic E-state index is -0.465. The molecule has 2 aromatic carbocycles. The first-order valence-corrected chi connectivity index (χ1v) is 7.99. The number of cyclic esters (lactones) is 1. The van der Waals surface area contributed by atoms with Crippen molar-refractivity contribution in [1.82, 2.24) is 0 Å². The number of methoxy groups -OCH3 is 1. The van der Waals surface area contributed by atoms with Crippen molar-refractivity contribution in [2.45, 2.75) is 20.0 Å². The molecule has 0 bridgehead atoms. The Hall–Kier alpha value is -3.08. The van der Waals surface area contributed by atoms with Crippen molar-refractivity contribution in [3.8, 4) is 11.5 Å². The summed E-state index contributed by atoms with van der Waals surface area (Å²) in [5, 5.41) is 0. The average Bonchev–Trinajstić information content (AvgIpc) is 2.96. The van der Waals surface area contributed by atoms with Crippen LogP contribution in [0.25, 0.3) is 6.08 Å². The van der Waals surface area contributed by atoms with Crippen LogP contribution in [-0.2, 0) is 9.53 Å². The van der Waals surface area contributed by atoms with Crippen molar-refractivity contribution in [1.29, 1.82) is 0 Å². The van der Waals surface area contributed by atoms with Crippen LogP contribution in [0.1, 0.15) is 25.0 Å². The Labute approximate surface area is 146 Å². The van der Waals surface area contributed by atoms with Crippen molar-refractivity contribution in [3.05, 3.63) is 65.4 Å². The first-order valence-electron chi connectivity index (χ1n) is 7.99. The molecule has 128 valence electrons. The second kappa shape index (κ2) is 7.21. The summed E-state index contributed by atoms with van der Waals surface area (Å²) in [6.45, 7) is 3.93. The van der Waals surface area contributed by atoms with Gasteiger partial charge in [0.15, 0.2) is 5.70 Å². The van der Waals surface area contributed by atoms with Crippen LogP contribution in [0, 0.1) is 0 Å². The Balaban J connectivity index is 1.80. The number of benzene rings is 2. The summed E-state index contributed by atoms with van der Waals surface area (Å²) in [5.41, 5.74) is 1.84. The Kier molecular flexibility index (Phi) is 4.84. The van der Waals surface area contributed by atoms with Crippen molar-refractivity contribution in [2.24, 2.45) is 4.99 Å². The summed E-state index contributed by atoms with van der Waals surface area (Å²) < 4.78 is 16.0. The zero-order chi connectivity index (χ0) is 17.8. The molecular formula is C20H19NO4. The van der Waals surface area contributed by atoms with Gasteiger partial charge in [-0.25, -0.2) is 9.79 Å². The molecule has 0 saturated heterocycles. The number of ether oxygens (including phenoxy) is 3. The molecule has 0 saturated carbocycles. The summed E-state index contributed by atoms with van der Waals surface area (Å²) in [7, 11) is 1.61. The Morgan fingerprint density at radius 1 is 1.00 bits per heavy atom. The summed E-state index contributed by atoms with van der Waals surface area (Å²) in [5.74, 6) is 1.34. The highest BCUT2D eigenvalue weighted by Crippen LogP contribution is 2.22. The first-order chi connectivity index (χ1) is 12.0. The highest BCUT2D eigenvalue weighted by molar-refractivity contribution is 6.12. The Morgan fingerprint density at radius 3 is 2.24 bits per heavy atom. The average molecular weight is 337 g/mol. The Bertz CT molecular complexity index is 818. The predicted octanol–water partition coefficient (Wildman–Crippen LogP) is 3.83. The summed E-state index contributed by atoms with van der Waals surface area (Å²) in [4.78, 5) is 16.3. The van der Waals surface area contributed by atoms with Gasteiger partial charge in [0, 0.05) is 5.56 Å². The van der Waals surface area contributed by atoms with E-state index in [-0.39, 0.29) is 11.8 Å². The lowest BCUT2D eigenvalue weighted by Crippen LogP contribution is -2.07. The van der Waals surface area contributed by atoms with E-state index in [1.807, 2.05) is 62.4 Å². The molecule has 5 nitrogen and oxygen atoms in total. The molecule has 0 unspecified atom stereocenters. The van der Waals surface area contributed by atoms with E-state index >= 15 is 0 Å². The highest BCUT2D eigenvalue weighted by atomic mass is 16.6. The van der Waals surface area contributed by atoms with Crippen molar-refractivity contribution in [3.63, 3.8) is 0 Å². The van der Waals surface area contributed by atoms with Crippen molar-refractivity contribution >= 4 is 17.9 Å². The van der Waals surface area contributed by atoms with E-state index in [4.69, 9.17) is 14.2 Å². The highest BCUT2D eigenvalue weighted by Gasteiger charge is 2.24.